The molecule has 0 aromatic carbocycles. The highest BCUT2D eigenvalue weighted by atomic mass is 16.4. The van der Waals surface area contributed by atoms with Gasteiger partial charge in [0.05, 0.1) is 0 Å². The van der Waals surface area contributed by atoms with Gasteiger partial charge in [0.2, 0.25) is 5.89 Å². The van der Waals surface area contributed by atoms with Gasteiger partial charge in [-0.25, -0.2) is 5.10 Å². The van der Waals surface area contributed by atoms with Crippen molar-refractivity contribution in [2.45, 2.75) is 13.3 Å². The molecule has 2 heterocycles. The minimum absolute atomic E-state index is 0.260. The molecule has 0 spiro atoms. The summed E-state index contributed by atoms with van der Waals surface area (Å²) in [7, 11) is 0. The van der Waals surface area contributed by atoms with E-state index < -0.39 is 0 Å². The molecule has 0 bridgehead atoms. The second kappa shape index (κ2) is 3.41. The van der Waals surface area contributed by atoms with Crippen LogP contribution in [0.2, 0.25) is 0 Å². The van der Waals surface area contributed by atoms with Gasteiger partial charge in [-0.1, -0.05) is 6.92 Å². The Labute approximate surface area is 79.0 Å². The maximum Gasteiger partial charge on any atom is 0.268 e. The summed E-state index contributed by atoms with van der Waals surface area (Å²) >= 11 is 0. The topological polar surface area (TPSA) is 84.7 Å². The van der Waals surface area contributed by atoms with Gasteiger partial charge in [0.15, 0.2) is 0 Å². The minimum Gasteiger partial charge on any atom is -0.419 e. The van der Waals surface area contributed by atoms with E-state index in [2.05, 4.69) is 20.4 Å². The van der Waals surface area contributed by atoms with E-state index in [1.165, 1.54) is 12.1 Å². The van der Waals surface area contributed by atoms with Gasteiger partial charge in [-0.2, -0.15) is 5.10 Å². The van der Waals surface area contributed by atoms with Crippen LogP contribution in [0.25, 0.3) is 11.6 Å². The Bertz CT molecular complexity index is 468. The van der Waals surface area contributed by atoms with Crippen molar-refractivity contribution < 1.29 is 4.42 Å². The number of aromatic amines is 1. The third-order valence-corrected chi connectivity index (χ3v) is 1.67. The average molecular weight is 192 g/mol. The molecule has 0 aliphatic heterocycles. The average Bonchev–Trinajstić information content (AvgIpc) is 2.67. The van der Waals surface area contributed by atoms with Crippen molar-refractivity contribution in [1.29, 1.82) is 0 Å². The molecule has 2 aromatic heterocycles. The third kappa shape index (κ3) is 1.54. The van der Waals surface area contributed by atoms with E-state index in [0.29, 0.717) is 23.9 Å². The minimum atomic E-state index is -0.260. The lowest BCUT2D eigenvalue weighted by Crippen LogP contribution is -2.05. The molecule has 0 unspecified atom stereocenters. The van der Waals surface area contributed by atoms with Crippen molar-refractivity contribution >= 4 is 0 Å². The first-order valence-electron chi connectivity index (χ1n) is 4.18. The zero-order chi connectivity index (χ0) is 9.97. The van der Waals surface area contributed by atoms with Gasteiger partial charge in [0.25, 0.3) is 11.4 Å². The molecule has 0 atom stereocenters. The number of hydrogen-bond donors (Lipinski definition) is 1. The molecule has 14 heavy (non-hydrogen) atoms. The standard InChI is InChI=1S/C8H8N4O2/c1-2-7-11-12-8(14-7)5-3-4-6(13)10-9-5/h3-4H,2H2,1H3,(H,10,13). The van der Waals surface area contributed by atoms with E-state index in [4.69, 9.17) is 4.42 Å². The summed E-state index contributed by atoms with van der Waals surface area (Å²) in [6.07, 6.45) is 0.677. The van der Waals surface area contributed by atoms with E-state index in [9.17, 15) is 4.79 Å². The van der Waals surface area contributed by atoms with Gasteiger partial charge < -0.3 is 4.42 Å². The lowest BCUT2D eigenvalue weighted by molar-refractivity contribution is 0.510. The number of aryl methyl sites for hydroxylation is 1. The third-order valence-electron chi connectivity index (χ3n) is 1.67. The Kier molecular flexibility index (Phi) is 2.10. The molecule has 6 heteroatoms. The largest absolute Gasteiger partial charge is 0.419 e. The smallest absolute Gasteiger partial charge is 0.268 e. The summed E-state index contributed by atoms with van der Waals surface area (Å²) in [5.41, 5.74) is 0.209. The number of aromatic nitrogens is 4. The maximum absolute atomic E-state index is 10.7. The van der Waals surface area contributed by atoms with E-state index in [1.54, 1.807) is 0 Å². The second-order valence-electron chi connectivity index (χ2n) is 2.66. The van der Waals surface area contributed by atoms with Crippen LogP contribution in [0.5, 0.6) is 0 Å². The van der Waals surface area contributed by atoms with Crippen molar-refractivity contribution in [3.63, 3.8) is 0 Å². The molecular weight excluding hydrogens is 184 g/mol. The van der Waals surface area contributed by atoms with Crippen LogP contribution >= 0.6 is 0 Å². The van der Waals surface area contributed by atoms with Crippen molar-refractivity contribution in [3.05, 3.63) is 28.4 Å². The number of rotatable bonds is 2. The first kappa shape index (κ1) is 8.61. The predicted molar refractivity (Wildman–Crippen MR) is 47.5 cm³/mol. The highest BCUT2D eigenvalue weighted by Gasteiger charge is 2.07. The monoisotopic (exact) mass is 192 g/mol. The Balaban J connectivity index is 2.39. The number of nitrogens with zero attached hydrogens (tertiary/aromatic N) is 3. The van der Waals surface area contributed by atoms with Crippen molar-refractivity contribution in [2.24, 2.45) is 0 Å². The summed E-state index contributed by atoms with van der Waals surface area (Å²) in [5, 5.41) is 13.6. The van der Waals surface area contributed by atoms with Crippen LogP contribution in [-0.2, 0) is 6.42 Å². The highest BCUT2D eigenvalue weighted by molar-refractivity contribution is 5.43. The van der Waals surface area contributed by atoms with E-state index in [1.807, 2.05) is 6.92 Å². The Morgan fingerprint density at radius 1 is 1.43 bits per heavy atom. The molecule has 0 aliphatic rings. The predicted octanol–water partition coefficient (Wildman–Crippen LogP) is 0.382. The summed E-state index contributed by atoms with van der Waals surface area (Å²) in [6.45, 7) is 1.91. The van der Waals surface area contributed by atoms with Gasteiger partial charge in [-0.3, -0.25) is 4.79 Å². The molecule has 0 saturated carbocycles. The van der Waals surface area contributed by atoms with Gasteiger partial charge in [0, 0.05) is 12.5 Å². The molecule has 72 valence electrons. The Hall–Kier alpha value is -1.98. The molecule has 2 rings (SSSR count). The Morgan fingerprint density at radius 2 is 2.29 bits per heavy atom. The molecule has 2 aromatic rings. The lowest BCUT2D eigenvalue weighted by atomic mass is 10.4. The van der Waals surface area contributed by atoms with Gasteiger partial charge in [-0.15, -0.1) is 10.2 Å². The normalized spacial score (nSPS) is 10.4. The first-order valence-corrected chi connectivity index (χ1v) is 4.18. The fraction of sp³-hybridized carbons (Fsp3) is 0.250. The van der Waals surface area contributed by atoms with E-state index in [0.717, 1.165) is 0 Å². The van der Waals surface area contributed by atoms with Crippen molar-refractivity contribution in [3.8, 4) is 11.6 Å². The maximum atomic E-state index is 10.7. The second-order valence-corrected chi connectivity index (χ2v) is 2.66. The summed E-state index contributed by atoms with van der Waals surface area (Å²) in [4.78, 5) is 10.7. The fourth-order valence-corrected chi connectivity index (χ4v) is 0.964. The zero-order valence-electron chi connectivity index (χ0n) is 7.52. The number of hydrogen-bond acceptors (Lipinski definition) is 5. The van der Waals surface area contributed by atoms with Crippen LogP contribution in [0.15, 0.2) is 21.3 Å². The summed E-state index contributed by atoms with van der Waals surface area (Å²) in [6, 6.07) is 2.89. The lowest BCUT2D eigenvalue weighted by Gasteiger charge is -1.90. The van der Waals surface area contributed by atoms with E-state index >= 15 is 0 Å². The van der Waals surface area contributed by atoms with Crippen LogP contribution in [0.4, 0.5) is 0 Å². The van der Waals surface area contributed by atoms with Crippen LogP contribution in [0.1, 0.15) is 12.8 Å². The molecule has 0 amide bonds. The highest BCUT2D eigenvalue weighted by Crippen LogP contribution is 2.12. The van der Waals surface area contributed by atoms with E-state index in [-0.39, 0.29) is 5.56 Å². The molecular formula is C8H8N4O2. The summed E-state index contributed by atoms with van der Waals surface area (Å²) in [5.74, 6) is 0.867. The Morgan fingerprint density at radius 3 is 2.86 bits per heavy atom. The molecule has 0 saturated heterocycles. The van der Waals surface area contributed by atoms with Gasteiger partial charge >= 0.3 is 0 Å². The van der Waals surface area contributed by atoms with Crippen molar-refractivity contribution in [2.75, 3.05) is 0 Å². The number of H-pyrrole nitrogens is 1. The molecule has 0 fully saturated rings. The van der Waals surface area contributed by atoms with Crippen LogP contribution in [0.3, 0.4) is 0 Å². The fourth-order valence-electron chi connectivity index (χ4n) is 0.964. The van der Waals surface area contributed by atoms with Crippen LogP contribution in [0, 0.1) is 0 Å². The SMILES string of the molecule is CCc1nnc(-c2ccc(=O)[nH]n2)o1. The zero-order valence-corrected chi connectivity index (χ0v) is 7.52. The number of nitrogens with one attached hydrogen (secondary N) is 1. The molecule has 6 nitrogen and oxygen atoms in total. The molecule has 0 radical (unpaired) electrons. The molecule has 1 N–H and O–H groups in total. The van der Waals surface area contributed by atoms with Gasteiger partial charge in [-0.05, 0) is 6.07 Å². The first-order chi connectivity index (χ1) is 6.79. The molecule has 0 aliphatic carbocycles. The van der Waals surface area contributed by atoms with Crippen molar-refractivity contribution in [1.82, 2.24) is 20.4 Å². The van der Waals surface area contributed by atoms with Gasteiger partial charge in [0.1, 0.15) is 5.69 Å². The van der Waals surface area contributed by atoms with Crippen LogP contribution in [-0.4, -0.2) is 20.4 Å². The quantitative estimate of drug-likeness (QED) is 0.743. The summed E-state index contributed by atoms with van der Waals surface area (Å²) < 4.78 is 5.25. The van der Waals surface area contributed by atoms with Crippen LogP contribution < -0.4 is 5.56 Å².